The Morgan fingerprint density at radius 3 is 2.70 bits per heavy atom. The van der Waals surface area contributed by atoms with Crippen molar-refractivity contribution in [1.82, 2.24) is 38.8 Å². The van der Waals surface area contributed by atoms with Gasteiger partial charge in [0.05, 0.1) is 37.3 Å². The predicted octanol–water partition coefficient (Wildman–Crippen LogP) is 4.66. The number of benzene rings is 2. The van der Waals surface area contributed by atoms with Crippen molar-refractivity contribution in [2.24, 2.45) is 17.6 Å². The number of nitrogens with zero attached hydrogens (tertiary/aromatic N) is 8. The number of hydrogen-bond acceptors (Lipinski definition) is 7. The molecule has 9 rings (SSSR count). The van der Waals surface area contributed by atoms with E-state index in [2.05, 4.69) is 54.5 Å². The van der Waals surface area contributed by atoms with Crippen molar-refractivity contribution in [2.45, 2.75) is 50.9 Å². The molecule has 6 aromatic rings. The second kappa shape index (κ2) is 10.5. The lowest BCUT2D eigenvalue weighted by Gasteiger charge is -2.27. The number of amides is 1. The summed E-state index contributed by atoms with van der Waals surface area (Å²) in [6.45, 7) is 2.14. The van der Waals surface area contributed by atoms with E-state index in [1.807, 2.05) is 29.4 Å². The lowest BCUT2D eigenvalue weighted by molar-refractivity contribution is 0.0700. The molecule has 1 amide bonds. The van der Waals surface area contributed by atoms with Crippen LogP contribution in [0.5, 0.6) is 5.75 Å². The Kier molecular flexibility index (Phi) is 6.24. The molecule has 2 aliphatic carbocycles. The number of fused-ring (bicyclic) bond motifs is 4. The highest BCUT2D eigenvalue weighted by Crippen LogP contribution is 2.40. The molecule has 2 N–H and O–H groups in total. The van der Waals surface area contributed by atoms with Crippen LogP contribution in [0.1, 0.15) is 41.6 Å². The summed E-state index contributed by atoms with van der Waals surface area (Å²) in [7, 11) is 1.66. The fourth-order valence-corrected chi connectivity index (χ4v) is 7.62. The third-order valence-electron chi connectivity index (χ3n) is 10.1. The summed E-state index contributed by atoms with van der Waals surface area (Å²) in [5.74, 6) is 3.11. The van der Waals surface area contributed by atoms with E-state index in [1.165, 1.54) is 23.7 Å². The topological polar surface area (TPSA) is 122 Å². The zero-order valence-corrected chi connectivity index (χ0v) is 25.7. The average molecular weight is 614 g/mol. The van der Waals surface area contributed by atoms with Gasteiger partial charge in [0.1, 0.15) is 11.3 Å². The molecule has 2 aromatic carbocycles. The molecule has 232 valence electrons. The Bertz CT molecular complexity index is 2110. The highest BCUT2D eigenvalue weighted by atomic mass is 16.5. The number of aromatic nitrogens is 7. The molecule has 3 unspecified atom stereocenters. The fraction of sp³-hybridized carbons (Fsp3) is 0.343. The second-order valence-corrected chi connectivity index (χ2v) is 13.0. The van der Waals surface area contributed by atoms with Gasteiger partial charge in [-0.15, -0.1) is 0 Å². The number of likely N-dealkylation sites (tertiary alicyclic amines) is 1. The van der Waals surface area contributed by atoms with Gasteiger partial charge in [-0.25, -0.2) is 14.6 Å². The van der Waals surface area contributed by atoms with Crippen LogP contribution < -0.4 is 10.5 Å². The van der Waals surface area contributed by atoms with Gasteiger partial charge in [0.15, 0.2) is 11.6 Å². The zero-order valence-electron chi connectivity index (χ0n) is 25.7. The van der Waals surface area contributed by atoms with Crippen molar-refractivity contribution in [3.05, 3.63) is 84.6 Å². The highest BCUT2D eigenvalue weighted by Gasteiger charge is 2.47. The number of rotatable bonds is 8. The summed E-state index contributed by atoms with van der Waals surface area (Å²) < 4.78 is 12.4. The largest absolute Gasteiger partial charge is 0.494 e. The molecule has 4 aromatic heterocycles. The van der Waals surface area contributed by atoms with Gasteiger partial charge in [0, 0.05) is 65.8 Å². The predicted molar refractivity (Wildman–Crippen MR) is 174 cm³/mol. The van der Waals surface area contributed by atoms with E-state index in [9.17, 15) is 4.79 Å². The molecule has 1 aliphatic heterocycles. The van der Waals surface area contributed by atoms with Crippen molar-refractivity contribution >= 4 is 27.8 Å². The lowest BCUT2D eigenvalue weighted by atomic mass is 10.1. The van der Waals surface area contributed by atoms with Crippen LogP contribution in [0.2, 0.25) is 0 Å². The van der Waals surface area contributed by atoms with Gasteiger partial charge in [-0.05, 0) is 61.8 Å². The van der Waals surface area contributed by atoms with E-state index in [4.69, 9.17) is 15.5 Å². The smallest absolute Gasteiger partial charge is 0.254 e. The molecule has 46 heavy (non-hydrogen) atoms. The molecule has 5 heterocycles. The van der Waals surface area contributed by atoms with Gasteiger partial charge in [0.25, 0.3) is 5.91 Å². The molecule has 3 aliphatic rings. The molecule has 11 heteroatoms. The Morgan fingerprint density at radius 1 is 1.04 bits per heavy atom. The summed E-state index contributed by atoms with van der Waals surface area (Å²) in [5, 5.41) is 5.76. The lowest BCUT2D eigenvalue weighted by Crippen LogP contribution is -2.41. The molecule has 3 atom stereocenters. The van der Waals surface area contributed by atoms with Crippen LogP contribution in [-0.4, -0.2) is 70.4 Å². The van der Waals surface area contributed by atoms with E-state index >= 15 is 0 Å². The van der Waals surface area contributed by atoms with Gasteiger partial charge >= 0.3 is 0 Å². The number of hydrogen-bond donors (Lipinski definition) is 1. The molecule has 11 nitrogen and oxygen atoms in total. The number of ether oxygens (including phenoxy) is 1. The summed E-state index contributed by atoms with van der Waals surface area (Å²) in [6.07, 6.45) is 13.3. The minimum absolute atomic E-state index is 0.00737. The SMILES string of the molecule is COc1cc(C(=O)N2CC3CCC2C3N)cc2nc(-c3cc4ccccc4n3CC3CC3)n(Cc3cnn(-c4cnccn4)c3)c12. The van der Waals surface area contributed by atoms with Crippen molar-refractivity contribution in [3.63, 3.8) is 0 Å². The maximum atomic E-state index is 13.9. The Labute approximate surface area is 265 Å². The molecule has 3 fully saturated rings. The van der Waals surface area contributed by atoms with Crippen molar-refractivity contribution in [2.75, 3.05) is 13.7 Å². The van der Waals surface area contributed by atoms with Gasteiger partial charge in [-0.2, -0.15) is 5.10 Å². The molecular weight excluding hydrogens is 578 g/mol. The molecule has 1 saturated heterocycles. The van der Waals surface area contributed by atoms with Crippen LogP contribution in [0.15, 0.2) is 73.4 Å². The number of piperidine rings is 1. The molecule has 2 saturated carbocycles. The quantitative estimate of drug-likeness (QED) is 0.265. The standard InChI is InChI=1S/C35H35N9O2/c1-46-30-14-25(35(45)42-20-24-8-9-28(42)32(24)36)12-26-33(30)43(18-22-15-39-44(19-22)31-16-37-10-11-38-31)34(40-26)29-13-23-4-2-3-5-27(23)41(29)17-21-6-7-21/h2-5,10-16,19,21,24,28,32H,6-9,17-18,20,36H2,1H3. The normalized spacial score (nSPS) is 20.7. The van der Waals surface area contributed by atoms with E-state index < -0.39 is 0 Å². The van der Waals surface area contributed by atoms with Crippen LogP contribution >= 0.6 is 0 Å². The first-order valence-electron chi connectivity index (χ1n) is 16.1. The number of para-hydroxylation sites is 1. The van der Waals surface area contributed by atoms with Crippen LogP contribution in [0.25, 0.3) is 39.3 Å². The van der Waals surface area contributed by atoms with Crippen LogP contribution in [-0.2, 0) is 13.1 Å². The van der Waals surface area contributed by atoms with E-state index in [0.717, 1.165) is 47.5 Å². The fourth-order valence-electron chi connectivity index (χ4n) is 7.62. The van der Waals surface area contributed by atoms with Gasteiger partial charge in [0.2, 0.25) is 0 Å². The maximum Gasteiger partial charge on any atom is 0.254 e. The van der Waals surface area contributed by atoms with Crippen LogP contribution in [0.4, 0.5) is 0 Å². The van der Waals surface area contributed by atoms with Crippen LogP contribution in [0, 0.1) is 11.8 Å². The first-order valence-corrected chi connectivity index (χ1v) is 16.1. The summed E-state index contributed by atoms with van der Waals surface area (Å²) >= 11 is 0. The Balaban J connectivity index is 1.20. The van der Waals surface area contributed by atoms with E-state index in [-0.39, 0.29) is 18.0 Å². The minimum Gasteiger partial charge on any atom is -0.494 e. The van der Waals surface area contributed by atoms with Gasteiger partial charge in [-0.3, -0.25) is 9.78 Å². The van der Waals surface area contributed by atoms with Crippen molar-refractivity contribution < 1.29 is 9.53 Å². The maximum absolute atomic E-state index is 13.9. The monoisotopic (exact) mass is 613 g/mol. The number of methoxy groups -OCH3 is 1. The Hall–Kier alpha value is -5.03. The number of carbonyl (C=O) groups is 1. The minimum atomic E-state index is -0.00737. The number of carbonyl (C=O) groups excluding carboxylic acids is 1. The summed E-state index contributed by atoms with van der Waals surface area (Å²) in [6, 6.07) is 14.7. The van der Waals surface area contributed by atoms with Gasteiger partial charge in [-0.1, -0.05) is 18.2 Å². The molecule has 0 spiro atoms. The Morgan fingerprint density at radius 2 is 1.93 bits per heavy atom. The number of imidazole rings is 1. The first kappa shape index (κ1) is 27.3. The summed E-state index contributed by atoms with van der Waals surface area (Å²) in [4.78, 5) is 29.8. The van der Waals surface area contributed by atoms with Crippen LogP contribution in [0.3, 0.4) is 0 Å². The second-order valence-electron chi connectivity index (χ2n) is 13.0. The van der Waals surface area contributed by atoms with E-state index in [1.54, 1.807) is 30.4 Å². The number of nitrogens with two attached hydrogens (primary N) is 1. The molecular formula is C35H35N9O2. The van der Waals surface area contributed by atoms with Crippen molar-refractivity contribution in [3.8, 4) is 23.1 Å². The summed E-state index contributed by atoms with van der Waals surface area (Å²) in [5.41, 5.74) is 11.8. The third kappa shape index (κ3) is 4.40. The average Bonchev–Trinajstić information content (AvgIpc) is 3.40. The van der Waals surface area contributed by atoms with Crippen molar-refractivity contribution in [1.29, 1.82) is 0 Å². The first-order chi connectivity index (χ1) is 22.6. The highest BCUT2D eigenvalue weighted by molar-refractivity contribution is 6.00. The van der Waals surface area contributed by atoms with Gasteiger partial charge < -0.3 is 24.5 Å². The third-order valence-corrected chi connectivity index (χ3v) is 10.1. The van der Waals surface area contributed by atoms with E-state index in [0.29, 0.717) is 42.1 Å². The zero-order chi connectivity index (χ0) is 30.9. The molecule has 0 radical (unpaired) electrons. The molecule has 2 bridgehead atoms.